The van der Waals surface area contributed by atoms with Crippen molar-refractivity contribution in [3.63, 3.8) is 0 Å². The molecule has 2 heterocycles. The van der Waals surface area contributed by atoms with Crippen molar-refractivity contribution in [1.82, 2.24) is 4.98 Å². The first kappa shape index (κ1) is 12.8. The molecule has 102 valence electrons. The third-order valence-electron chi connectivity index (χ3n) is 3.01. The number of hydrogen-bond donors (Lipinski definition) is 1. The fourth-order valence-corrected chi connectivity index (χ4v) is 2.83. The Labute approximate surface area is 119 Å². The predicted octanol–water partition coefficient (Wildman–Crippen LogP) is 2.69. The number of nitrogens with zero attached hydrogens (tertiary/aromatic N) is 1. The van der Waals surface area contributed by atoms with E-state index in [1.54, 1.807) is 12.1 Å². The maximum absolute atomic E-state index is 12.0. The van der Waals surface area contributed by atoms with E-state index in [1.165, 1.54) is 11.3 Å². The number of nitrogens with one attached hydrogen (secondary N) is 1. The topological polar surface area (TPSA) is 68.3 Å². The highest BCUT2D eigenvalue weighted by molar-refractivity contribution is 7.13. The van der Waals surface area contributed by atoms with Crippen molar-refractivity contribution in [1.29, 1.82) is 0 Å². The molecule has 1 aromatic heterocycles. The van der Waals surface area contributed by atoms with Gasteiger partial charge in [-0.3, -0.25) is 4.79 Å². The number of esters is 1. The molecule has 2 aromatic rings. The summed E-state index contributed by atoms with van der Waals surface area (Å²) in [4.78, 5) is 27.8. The van der Waals surface area contributed by atoms with Gasteiger partial charge < -0.3 is 10.1 Å². The van der Waals surface area contributed by atoms with E-state index in [4.69, 9.17) is 4.74 Å². The van der Waals surface area contributed by atoms with Gasteiger partial charge in [0.2, 0.25) is 5.91 Å². The average molecular weight is 288 g/mol. The van der Waals surface area contributed by atoms with Gasteiger partial charge in [0.25, 0.3) is 0 Å². The Morgan fingerprint density at radius 2 is 2.25 bits per heavy atom. The van der Waals surface area contributed by atoms with Crippen LogP contribution in [0.25, 0.3) is 0 Å². The number of aryl methyl sites for hydroxylation is 1. The number of carbonyl (C=O) groups is 2. The number of cyclic esters (lactones) is 1. The number of hydrogen-bond acceptors (Lipinski definition) is 5. The van der Waals surface area contributed by atoms with Gasteiger partial charge in [-0.25, -0.2) is 9.78 Å². The summed E-state index contributed by atoms with van der Waals surface area (Å²) in [5.41, 5.74) is 2.17. The number of rotatable bonds is 3. The standard InChI is InChI=1S/C14H12N2O3S/c1-8-7-20-14(15-8)16-12(17)6-11-9-4-2-3-5-10(9)13(18)19-11/h2-5,7,11H,6H2,1H3,(H,15,16,17)/t11-/m1/s1. The van der Waals surface area contributed by atoms with Gasteiger partial charge in [0.1, 0.15) is 6.10 Å². The molecular formula is C14H12N2O3S. The third-order valence-corrected chi connectivity index (χ3v) is 3.89. The van der Waals surface area contributed by atoms with E-state index in [9.17, 15) is 9.59 Å². The van der Waals surface area contributed by atoms with E-state index in [2.05, 4.69) is 10.3 Å². The molecule has 1 aliphatic heterocycles. The van der Waals surface area contributed by atoms with Gasteiger partial charge in [-0.1, -0.05) is 18.2 Å². The summed E-state index contributed by atoms with van der Waals surface area (Å²) in [5.74, 6) is -0.586. The Bertz CT molecular complexity index is 681. The third kappa shape index (κ3) is 2.42. The summed E-state index contributed by atoms with van der Waals surface area (Å²) in [6.45, 7) is 1.86. The largest absolute Gasteiger partial charge is 0.453 e. The van der Waals surface area contributed by atoms with Crippen molar-refractivity contribution in [2.24, 2.45) is 0 Å². The van der Waals surface area contributed by atoms with Crippen LogP contribution >= 0.6 is 11.3 Å². The van der Waals surface area contributed by atoms with Crippen LogP contribution in [-0.2, 0) is 9.53 Å². The van der Waals surface area contributed by atoms with Crippen LogP contribution in [0.1, 0.15) is 34.1 Å². The number of thiazole rings is 1. The van der Waals surface area contributed by atoms with Gasteiger partial charge in [-0.2, -0.15) is 0 Å². The molecule has 1 amide bonds. The number of fused-ring (bicyclic) bond motifs is 1. The monoisotopic (exact) mass is 288 g/mol. The lowest BCUT2D eigenvalue weighted by Crippen LogP contribution is -2.15. The number of anilines is 1. The first-order valence-electron chi connectivity index (χ1n) is 6.15. The van der Waals surface area contributed by atoms with Crippen LogP contribution in [0.15, 0.2) is 29.6 Å². The zero-order valence-electron chi connectivity index (χ0n) is 10.8. The second kappa shape index (κ2) is 5.05. The number of benzene rings is 1. The minimum absolute atomic E-state index is 0.0986. The summed E-state index contributed by atoms with van der Waals surface area (Å²) < 4.78 is 5.23. The van der Waals surface area contributed by atoms with Gasteiger partial charge in [-0.15, -0.1) is 11.3 Å². The first-order valence-corrected chi connectivity index (χ1v) is 7.03. The highest BCUT2D eigenvalue weighted by Gasteiger charge is 2.32. The Kier molecular flexibility index (Phi) is 3.23. The molecule has 0 fully saturated rings. The molecule has 0 bridgehead atoms. The quantitative estimate of drug-likeness (QED) is 0.882. The average Bonchev–Trinajstić information content (AvgIpc) is 2.95. The van der Waals surface area contributed by atoms with Crippen molar-refractivity contribution in [2.75, 3.05) is 5.32 Å². The molecule has 1 N–H and O–H groups in total. The van der Waals surface area contributed by atoms with Gasteiger partial charge in [-0.05, 0) is 13.0 Å². The van der Waals surface area contributed by atoms with E-state index in [0.29, 0.717) is 10.7 Å². The second-order valence-electron chi connectivity index (χ2n) is 4.53. The highest BCUT2D eigenvalue weighted by atomic mass is 32.1. The Hall–Kier alpha value is -2.21. The highest BCUT2D eigenvalue weighted by Crippen LogP contribution is 2.33. The van der Waals surface area contributed by atoms with E-state index >= 15 is 0 Å². The van der Waals surface area contributed by atoms with Crippen molar-refractivity contribution in [3.05, 3.63) is 46.5 Å². The summed E-state index contributed by atoms with van der Waals surface area (Å²) in [6.07, 6.45) is -0.416. The second-order valence-corrected chi connectivity index (χ2v) is 5.39. The van der Waals surface area contributed by atoms with Gasteiger partial charge >= 0.3 is 5.97 Å². The molecule has 1 aromatic carbocycles. The molecule has 6 heteroatoms. The summed E-state index contributed by atoms with van der Waals surface area (Å²) in [7, 11) is 0. The van der Waals surface area contributed by atoms with Crippen LogP contribution < -0.4 is 5.32 Å². The fraction of sp³-hybridized carbons (Fsp3) is 0.214. The summed E-state index contributed by atoms with van der Waals surface area (Å²) in [5, 5.41) is 5.13. The molecule has 1 atom stereocenters. The van der Waals surface area contributed by atoms with Gasteiger partial charge in [0.15, 0.2) is 5.13 Å². The molecule has 0 spiro atoms. The maximum atomic E-state index is 12.0. The lowest BCUT2D eigenvalue weighted by atomic mass is 10.0. The van der Waals surface area contributed by atoms with Crippen LogP contribution in [0, 0.1) is 6.92 Å². The Balaban J connectivity index is 1.70. The molecule has 0 unspecified atom stereocenters. The predicted molar refractivity (Wildman–Crippen MR) is 74.7 cm³/mol. The van der Waals surface area contributed by atoms with E-state index in [1.807, 2.05) is 24.4 Å². The number of aromatic nitrogens is 1. The molecule has 0 aliphatic carbocycles. The molecule has 0 saturated carbocycles. The zero-order chi connectivity index (χ0) is 14.1. The molecule has 5 nitrogen and oxygen atoms in total. The van der Waals surface area contributed by atoms with Crippen LogP contribution in [0.3, 0.4) is 0 Å². The minimum Gasteiger partial charge on any atom is -0.453 e. The molecule has 20 heavy (non-hydrogen) atoms. The first-order chi connectivity index (χ1) is 9.63. The van der Waals surface area contributed by atoms with E-state index in [0.717, 1.165) is 11.3 Å². The Morgan fingerprint density at radius 1 is 1.45 bits per heavy atom. The number of amides is 1. The van der Waals surface area contributed by atoms with Crippen LogP contribution in [0.2, 0.25) is 0 Å². The van der Waals surface area contributed by atoms with Crippen LogP contribution in [-0.4, -0.2) is 16.9 Å². The van der Waals surface area contributed by atoms with Crippen LogP contribution in [0.4, 0.5) is 5.13 Å². The number of carbonyl (C=O) groups excluding carboxylic acids is 2. The van der Waals surface area contributed by atoms with Crippen molar-refractivity contribution < 1.29 is 14.3 Å². The van der Waals surface area contributed by atoms with Crippen LogP contribution in [0.5, 0.6) is 0 Å². The lowest BCUT2D eigenvalue weighted by molar-refractivity contribution is -0.118. The van der Waals surface area contributed by atoms with Crippen molar-refractivity contribution >= 4 is 28.3 Å². The Morgan fingerprint density at radius 3 is 3.00 bits per heavy atom. The molecular weight excluding hydrogens is 276 g/mol. The van der Waals surface area contributed by atoms with Crippen molar-refractivity contribution in [3.8, 4) is 0 Å². The number of ether oxygens (including phenoxy) is 1. The maximum Gasteiger partial charge on any atom is 0.339 e. The van der Waals surface area contributed by atoms with E-state index in [-0.39, 0.29) is 18.3 Å². The molecule has 1 aliphatic rings. The molecule has 3 rings (SSSR count). The summed E-state index contributed by atoms with van der Waals surface area (Å²) >= 11 is 1.37. The SMILES string of the molecule is Cc1csc(NC(=O)C[C@H]2OC(=O)c3ccccc32)n1. The normalized spacial score (nSPS) is 16.6. The van der Waals surface area contributed by atoms with Gasteiger partial charge in [0, 0.05) is 10.9 Å². The molecule has 0 radical (unpaired) electrons. The van der Waals surface area contributed by atoms with Gasteiger partial charge in [0.05, 0.1) is 17.7 Å². The molecule has 0 saturated heterocycles. The summed E-state index contributed by atoms with van der Waals surface area (Å²) in [6, 6.07) is 7.13. The van der Waals surface area contributed by atoms with Crippen molar-refractivity contribution in [2.45, 2.75) is 19.4 Å². The lowest BCUT2D eigenvalue weighted by Gasteiger charge is -2.09. The smallest absolute Gasteiger partial charge is 0.339 e. The minimum atomic E-state index is -0.514. The van der Waals surface area contributed by atoms with E-state index < -0.39 is 6.10 Å². The fourth-order valence-electron chi connectivity index (χ4n) is 2.12. The zero-order valence-corrected chi connectivity index (χ0v) is 11.6.